The second-order valence-corrected chi connectivity index (χ2v) is 9.81. The van der Waals surface area contributed by atoms with Gasteiger partial charge >= 0.3 is 6.18 Å². The average molecular weight is 577 g/mol. The molecule has 0 aliphatic rings. The number of fused-ring (bicyclic) bond motifs is 1. The first-order chi connectivity index (χ1) is 19.2. The summed E-state index contributed by atoms with van der Waals surface area (Å²) in [5, 5.41) is 5.49. The molecular weight excluding hydrogens is 550 g/mol. The van der Waals surface area contributed by atoms with Crippen LogP contribution in [0.3, 0.4) is 0 Å². The van der Waals surface area contributed by atoms with Crippen molar-refractivity contribution in [3.63, 3.8) is 0 Å². The summed E-state index contributed by atoms with van der Waals surface area (Å²) < 4.78 is 82.8. The van der Waals surface area contributed by atoms with Gasteiger partial charge < -0.3 is 15.2 Å². The normalized spacial score (nSPS) is 12.1. The fraction of sp³-hybridized carbons (Fsp3) is 0.276. The maximum absolute atomic E-state index is 13.8. The van der Waals surface area contributed by atoms with Gasteiger partial charge in [-0.05, 0) is 74.4 Å². The minimum absolute atomic E-state index is 0.207. The van der Waals surface area contributed by atoms with Crippen LogP contribution in [0.5, 0.6) is 0 Å². The second-order valence-electron chi connectivity index (χ2n) is 9.81. The van der Waals surface area contributed by atoms with Crippen LogP contribution in [0.2, 0.25) is 0 Å². The van der Waals surface area contributed by atoms with Crippen molar-refractivity contribution >= 4 is 28.4 Å². The fourth-order valence-electron chi connectivity index (χ4n) is 4.35. The lowest BCUT2D eigenvalue weighted by Gasteiger charge is -2.15. The number of nitrogens with zero attached hydrogens (tertiary/aromatic N) is 2. The average Bonchev–Trinajstić information content (AvgIpc) is 3.28. The highest BCUT2D eigenvalue weighted by molar-refractivity contribution is 6.06. The Balaban J connectivity index is 1.64. The molecule has 0 saturated heterocycles. The number of carbonyl (C=O) groups excluding carboxylic acids is 2. The van der Waals surface area contributed by atoms with Gasteiger partial charge in [0.15, 0.2) is 5.67 Å². The van der Waals surface area contributed by atoms with Gasteiger partial charge in [-0.3, -0.25) is 14.6 Å². The number of amides is 2. The van der Waals surface area contributed by atoms with Gasteiger partial charge in [-0.25, -0.2) is 13.2 Å². The summed E-state index contributed by atoms with van der Waals surface area (Å²) in [5.41, 5.74) is -2.09. The van der Waals surface area contributed by atoms with E-state index in [4.69, 9.17) is 0 Å². The third-order valence-electron chi connectivity index (χ3n) is 6.38. The van der Waals surface area contributed by atoms with Gasteiger partial charge in [0.25, 0.3) is 18.2 Å². The molecule has 0 spiro atoms. The Kier molecular flexibility index (Phi) is 8.14. The Hall–Kier alpha value is -4.35. The van der Waals surface area contributed by atoms with Gasteiger partial charge in [-0.15, -0.1) is 0 Å². The van der Waals surface area contributed by atoms with Gasteiger partial charge in [0.2, 0.25) is 0 Å². The van der Waals surface area contributed by atoms with E-state index in [0.29, 0.717) is 28.7 Å². The van der Waals surface area contributed by atoms with Crippen molar-refractivity contribution in [1.29, 1.82) is 0 Å². The Morgan fingerprint density at radius 3 is 2.37 bits per heavy atom. The number of anilines is 1. The predicted molar refractivity (Wildman–Crippen MR) is 142 cm³/mol. The molecule has 0 fully saturated rings. The van der Waals surface area contributed by atoms with Crippen LogP contribution in [0.1, 0.15) is 54.4 Å². The lowest BCUT2D eigenvalue weighted by molar-refractivity contribution is -0.137. The molecule has 6 nitrogen and oxygen atoms in total. The van der Waals surface area contributed by atoms with Crippen molar-refractivity contribution in [2.24, 2.45) is 0 Å². The van der Waals surface area contributed by atoms with Crippen LogP contribution in [-0.2, 0) is 24.1 Å². The van der Waals surface area contributed by atoms with E-state index in [1.54, 1.807) is 30.3 Å². The SMILES string of the molecule is CCn1c(-c2cccc(C(F)(F)F)c2)cc2cc(NC(=O)c3cc(CNC(=O)C(C)(C)F)cnc3C(F)F)ccc21. The molecule has 0 atom stereocenters. The molecule has 0 aliphatic heterocycles. The first-order valence-corrected chi connectivity index (χ1v) is 12.6. The number of alkyl halides is 6. The Morgan fingerprint density at radius 2 is 1.73 bits per heavy atom. The molecule has 0 saturated carbocycles. The zero-order chi connectivity index (χ0) is 30.1. The van der Waals surface area contributed by atoms with Gasteiger partial charge in [-0.1, -0.05) is 12.1 Å². The monoisotopic (exact) mass is 576 g/mol. The lowest BCUT2D eigenvalue weighted by atomic mass is 10.1. The molecule has 2 amide bonds. The van der Waals surface area contributed by atoms with Crippen molar-refractivity contribution in [3.05, 3.63) is 83.2 Å². The maximum Gasteiger partial charge on any atom is 0.416 e. The van der Waals surface area contributed by atoms with Crippen molar-refractivity contribution in [2.45, 2.75) is 52.1 Å². The van der Waals surface area contributed by atoms with Crippen LogP contribution >= 0.6 is 0 Å². The molecule has 0 radical (unpaired) electrons. The number of rotatable bonds is 8. The van der Waals surface area contributed by atoms with E-state index in [1.165, 1.54) is 6.07 Å². The third kappa shape index (κ3) is 6.53. The summed E-state index contributed by atoms with van der Waals surface area (Å²) in [7, 11) is 0. The molecule has 0 aliphatic carbocycles. The first-order valence-electron chi connectivity index (χ1n) is 12.6. The van der Waals surface area contributed by atoms with E-state index in [0.717, 1.165) is 38.2 Å². The molecule has 0 bridgehead atoms. The van der Waals surface area contributed by atoms with E-state index in [-0.39, 0.29) is 17.8 Å². The molecule has 12 heteroatoms. The summed E-state index contributed by atoms with van der Waals surface area (Å²) >= 11 is 0. The molecule has 2 N–H and O–H groups in total. The number of nitrogens with one attached hydrogen (secondary N) is 2. The van der Waals surface area contributed by atoms with Crippen molar-refractivity contribution < 1.29 is 35.9 Å². The minimum atomic E-state index is -4.50. The lowest BCUT2D eigenvalue weighted by Crippen LogP contribution is -2.38. The number of benzene rings is 2. The summed E-state index contributed by atoms with van der Waals surface area (Å²) in [4.78, 5) is 28.6. The summed E-state index contributed by atoms with van der Waals surface area (Å²) in [6.07, 6.45) is -6.51. The van der Waals surface area contributed by atoms with Crippen LogP contribution < -0.4 is 10.6 Å². The summed E-state index contributed by atoms with van der Waals surface area (Å²) in [6, 6.07) is 12.6. The molecule has 2 aromatic heterocycles. The molecule has 4 rings (SSSR count). The molecule has 0 unspecified atom stereocenters. The van der Waals surface area contributed by atoms with Crippen LogP contribution in [0.4, 0.5) is 32.0 Å². The molecule has 2 heterocycles. The second kappa shape index (κ2) is 11.3. The number of halogens is 6. The first kappa shape index (κ1) is 29.6. The zero-order valence-corrected chi connectivity index (χ0v) is 22.2. The molecule has 41 heavy (non-hydrogen) atoms. The highest BCUT2D eigenvalue weighted by Gasteiger charge is 2.31. The quantitative estimate of drug-likeness (QED) is 0.216. The van der Waals surface area contributed by atoms with Crippen molar-refractivity contribution in [1.82, 2.24) is 14.9 Å². The van der Waals surface area contributed by atoms with Crippen molar-refractivity contribution in [3.8, 4) is 11.3 Å². The standard InChI is InChI=1S/C29H26F6N4O2/c1-4-39-22-9-8-20(12-18(22)13-23(39)17-6-5-7-19(11-17)29(33,34)35)38-26(40)21-10-16(14-36-24(21)25(30)31)15-37-27(41)28(2,3)32/h5-14,25H,4,15H2,1-3H3,(H,37,41)(H,38,40). The van der Waals surface area contributed by atoms with Crippen LogP contribution in [0.15, 0.2) is 60.8 Å². The van der Waals surface area contributed by atoms with Gasteiger partial charge in [0.05, 0.1) is 11.1 Å². The third-order valence-corrected chi connectivity index (χ3v) is 6.38. The predicted octanol–water partition coefficient (Wildman–Crippen LogP) is 7.30. The number of pyridine rings is 1. The molecule has 4 aromatic rings. The molecular formula is C29H26F6N4O2. The van der Waals surface area contributed by atoms with E-state index in [1.807, 2.05) is 11.5 Å². The molecule has 216 valence electrons. The van der Waals surface area contributed by atoms with Crippen LogP contribution in [0.25, 0.3) is 22.2 Å². The number of carbonyl (C=O) groups is 2. The van der Waals surface area contributed by atoms with Gasteiger partial charge in [0.1, 0.15) is 5.69 Å². The number of hydrogen-bond acceptors (Lipinski definition) is 3. The Morgan fingerprint density at radius 1 is 1.00 bits per heavy atom. The van der Waals surface area contributed by atoms with E-state index < -0.39 is 46.9 Å². The van der Waals surface area contributed by atoms with E-state index in [2.05, 4.69) is 15.6 Å². The van der Waals surface area contributed by atoms with E-state index >= 15 is 0 Å². The highest BCUT2D eigenvalue weighted by Crippen LogP contribution is 2.35. The van der Waals surface area contributed by atoms with Crippen LogP contribution in [-0.4, -0.2) is 27.0 Å². The summed E-state index contributed by atoms with van der Waals surface area (Å²) in [6.45, 7) is 4.18. The zero-order valence-electron chi connectivity index (χ0n) is 22.2. The van der Waals surface area contributed by atoms with Crippen LogP contribution in [0, 0.1) is 0 Å². The Bertz CT molecular complexity index is 1610. The number of aryl methyl sites for hydroxylation is 1. The topological polar surface area (TPSA) is 76.0 Å². The van der Waals surface area contributed by atoms with E-state index in [9.17, 15) is 35.9 Å². The number of aromatic nitrogens is 2. The number of hydrogen-bond donors (Lipinski definition) is 2. The maximum atomic E-state index is 13.8. The van der Waals surface area contributed by atoms with Gasteiger partial charge in [0, 0.05) is 41.6 Å². The minimum Gasteiger partial charge on any atom is -0.349 e. The largest absolute Gasteiger partial charge is 0.416 e. The summed E-state index contributed by atoms with van der Waals surface area (Å²) in [5.74, 6) is -1.81. The Labute approximate surface area is 231 Å². The highest BCUT2D eigenvalue weighted by atomic mass is 19.4. The fourth-order valence-corrected chi connectivity index (χ4v) is 4.35. The van der Waals surface area contributed by atoms with Crippen molar-refractivity contribution in [2.75, 3.05) is 5.32 Å². The molecule has 2 aromatic carbocycles. The smallest absolute Gasteiger partial charge is 0.349 e. The van der Waals surface area contributed by atoms with Gasteiger partial charge in [-0.2, -0.15) is 13.2 Å².